The van der Waals surface area contributed by atoms with Gasteiger partial charge in [0.2, 0.25) is 11.8 Å². The van der Waals surface area contributed by atoms with E-state index >= 15 is 0 Å². The van der Waals surface area contributed by atoms with E-state index in [0.29, 0.717) is 69.2 Å². The maximum atomic E-state index is 11.9. The lowest BCUT2D eigenvalue weighted by Crippen LogP contribution is -2.69. The number of aliphatic hydroxyl groups excluding tert-OH is 1. The van der Waals surface area contributed by atoms with Crippen molar-refractivity contribution in [3.05, 3.63) is 0 Å². The van der Waals surface area contributed by atoms with E-state index in [0.717, 1.165) is 25.9 Å². The zero-order valence-corrected chi connectivity index (χ0v) is 18.0. The van der Waals surface area contributed by atoms with E-state index < -0.39 is 0 Å². The number of quaternary nitrogens is 1. The molecule has 0 unspecified atom stereocenters. The fraction of sp³-hybridized carbons (Fsp3) is 0.810. The first-order valence-corrected chi connectivity index (χ1v) is 10.8. The Balaban J connectivity index is 2.18. The van der Waals surface area contributed by atoms with Crippen LogP contribution in [0.25, 0.3) is 0 Å². The van der Waals surface area contributed by atoms with Crippen LogP contribution in [0.5, 0.6) is 0 Å². The molecule has 0 bridgehead atoms. The molecule has 0 spiro atoms. The number of amides is 2. The second-order valence-electron chi connectivity index (χ2n) is 8.33. The Kier molecular flexibility index (Phi) is 11.7. The van der Waals surface area contributed by atoms with E-state index in [-0.39, 0.29) is 29.5 Å². The lowest BCUT2D eigenvalue weighted by molar-refractivity contribution is -0.970. The van der Waals surface area contributed by atoms with Crippen LogP contribution in [0.4, 0.5) is 0 Å². The molecule has 166 valence electrons. The van der Waals surface area contributed by atoms with Crippen LogP contribution in [-0.4, -0.2) is 78.3 Å². The quantitative estimate of drug-likeness (QED) is 0.255. The highest BCUT2D eigenvalue weighted by Gasteiger charge is 2.42. The third kappa shape index (κ3) is 11.7. The number of ketones is 2. The van der Waals surface area contributed by atoms with Crippen LogP contribution in [0.15, 0.2) is 0 Å². The Morgan fingerprint density at radius 3 is 1.48 bits per heavy atom. The topological polar surface area (TPSA) is 113 Å². The van der Waals surface area contributed by atoms with Gasteiger partial charge in [-0.2, -0.15) is 0 Å². The molecule has 0 aromatic rings. The molecule has 1 fully saturated rings. The summed E-state index contributed by atoms with van der Waals surface area (Å²) >= 11 is 0. The van der Waals surface area contributed by atoms with Gasteiger partial charge in [-0.05, 0) is 39.5 Å². The molecule has 0 atom stereocenters. The van der Waals surface area contributed by atoms with Gasteiger partial charge in [-0.3, -0.25) is 9.59 Å². The minimum atomic E-state index is -0.320. The van der Waals surface area contributed by atoms with Crippen molar-refractivity contribution in [1.29, 1.82) is 0 Å². The van der Waals surface area contributed by atoms with Crippen LogP contribution < -0.4 is 10.6 Å². The van der Waals surface area contributed by atoms with Crippen LogP contribution in [0.2, 0.25) is 0 Å². The number of likely N-dealkylation sites (tertiary alicyclic amines) is 1. The highest BCUT2D eigenvalue weighted by molar-refractivity contribution is 5.77. The van der Waals surface area contributed by atoms with Crippen molar-refractivity contribution in [3.63, 3.8) is 0 Å². The van der Waals surface area contributed by atoms with E-state index in [2.05, 4.69) is 10.6 Å². The molecule has 1 saturated heterocycles. The van der Waals surface area contributed by atoms with Gasteiger partial charge in [0.15, 0.2) is 6.10 Å². The molecular weight excluding hydrogens is 374 g/mol. The van der Waals surface area contributed by atoms with E-state index in [1.54, 1.807) is 13.8 Å². The van der Waals surface area contributed by atoms with Crippen LogP contribution in [0, 0.1) is 0 Å². The molecule has 1 heterocycles. The minimum Gasteiger partial charge on any atom is -0.382 e. The fourth-order valence-corrected chi connectivity index (χ4v) is 3.68. The predicted molar refractivity (Wildman–Crippen MR) is 110 cm³/mol. The summed E-state index contributed by atoms with van der Waals surface area (Å²) in [6.45, 7) is 6.93. The Morgan fingerprint density at radius 1 is 0.759 bits per heavy atom. The van der Waals surface area contributed by atoms with Gasteiger partial charge in [-0.15, -0.1) is 0 Å². The molecule has 3 N–H and O–H groups in total. The zero-order valence-electron chi connectivity index (χ0n) is 18.0. The van der Waals surface area contributed by atoms with Crippen LogP contribution in [0.1, 0.15) is 65.2 Å². The molecule has 29 heavy (non-hydrogen) atoms. The molecule has 8 nitrogen and oxygen atoms in total. The summed E-state index contributed by atoms with van der Waals surface area (Å²) in [6, 6.07) is 0. The number of nitrogens with one attached hydrogen (secondary N) is 2. The van der Waals surface area contributed by atoms with E-state index in [9.17, 15) is 24.3 Å². The number of aliphatic hydroxyl groups is 1. The maximum Gasteiger partial charge on any atom is 0.220 e. The van der Waals surface area contributed by atoms with Crippen molar-refractivity contribution in [2.45, 2.75) is 71.3 Å². The number of hydrogen-bond acceptors (Lipinski definition) is 5. The van der Waals surface area contributed by atoms with Crippen molar-refractivity contribution in [1.82, 2.24) is 10.6 Å². The van der Waals surface area contributed by atoms with Crippen molar-refractivity contribution >= 4 is 23.4 Å². The maximum absolute atomic E-state index is 11.9. The number of rotatable bonds is 16. The molecule has 0 radical (unpaired) electrons. The third-order valence-electron chi connectivity index (χ3n) is 5.38. The lowest BCUT2D eigenvalue weighted by atomic mass is 10.1. The Morgan fingerprint density at radius 2 is 1.14 bits per heavy atom. The smallest absolute Gasteiger partial charge is 0.220 e. The Hall–Kier alpha value is -1.80. The van der Waals surface area contributed by atoms with E-state index in [4.69, 9.17) is 0 Å². The average molecular weight is 413 g/mol. The van der Waals surface area contributed by atoms with Gasteiger partial charge in [-0.25, -0.2) is 0 Å². The van der Waals surface area contributed by atoms with E-state index in [1.807, 2.05) is 0 Å². The van der Waals surface area contributed by atoms with Gasteiger partial charge in [0.1, 0.15) is 24.7 Å². The third-order valence-corrected chi connectivity index (χ3v) is 5.38. The summed E-state index contributed by atoms with van der Waals surface area (Å²) < 4.78 is 0.691. The zero-order chi connectivity index (χ0) is 21.7. The van der Waals surface area contributed by atoms with Gasteiger partial charge in [0, 0.05) is 25.7 Å². The van der Waals surface area contributed by atoms with Crippen molar-refractivity contribution in [3.8, 4) is 0 Å². The lowest BCUT2D eigenvalue weighted by Gasteiger charge is -2.48. The summed E-state index contributed by atoms with van der Waals surface area (Å²) in [5.74, 6) is 0.283. The second-order valence-corrected chi connectivity index (χ2v) is 8.33. The molecule has 1 aliphatic heterocycles. The number of hydrogen-bond donors (Lipinski definition) is 3. The number of Topliss-reactive ketones (excluding diaryl/α,β-unsaturated/α-hetero) is 2. The molecule has 0 aromatic heterocycles. The minimum absolute atomic E-state index is 0.00774. The van der Waals surface area contributed by atoms with Gasteiger partial charge >= 0.3 is 0 Å². The van der Waals surface area contributed by atoms with Crippen LogP contribution in [-0.2, 0) is 19.2 Å². The standard InChI is InChI=1S/C21H37N3O5/c1-17(25)7-3-5-9-20(28)22-11-13-24(15-19(27)16-24)14-12-23-21(29)10-6-4-8-18(2)26/h19,27H,3-16H2,1-2H3,(H-,22,23,28,29)/p+1. The summed E-state index contributed by atoms with van der Waals surface area (Å²) in [6.07, 6.45) is 4.48. The largest absolute Gasteiger partial charge is 0.382 e. The summed E-state index contributed by atoms with van der Waals surface area (Å²) in [5, 5.41) is 15.6. The Labute approximate surface area is 174 Å². The fourth-order valence-electron chi connectivity index (χ4n) is 3.68. The monoisotopic (exact) mass is 412 g/mol. The SMILES string of the molecule is CC(=O)CCCCC(=O)NCC[N+]1(CCNC(=O)CCCCC(C)=O)CC(O)C1. The van der Waals surface area contributed by atoms with Crippen molar-refractivity contribution < 1.29 is 28.8 Å². The molecular formula is C21H38N3O5+. The highest BCUT2D eigenvalue weighted by atomic mass is 16.3. The molecule has 8 heteroatoms. The van der Waals surface area contributed by atoms with Crippen LogP contribution >= 0.6 is 0 Å². The summed E-state index contributed by atoms with van der Waals surface area (Å²) in [7, 11) is 0. The molecule has 1 aliphatic rings. The average Bonchev–Trinajstić information content (AvgIpc) is 2.61. The van der Waals surface area contributed by atoms with Gasteiger partial charge in [0.05, 0.1) is 26.2 Å². The Bertz CT molecular complexity index is 517. The van der Waals surface area contributed by atoms with Gasteiger partial charge in [0.25, 0.3) is 0 Å². The number of unbranched alkanes of at least 4 members (excludes halogenated alkanes) is 2. The highest BCUT2D eigenvalue weighted by Crippen LogP contribution is 2.19. The van der Waals surface area contributed by atoms with Crippen LogP contribution in [0.3, 0.4) is 0 Å². The first kappa shape index (κ1) is 25.2. The summed E-state index contributed by atoms with van der Waals surface area (Å²) in [5.41, 5.74) is 0. The van der Waals surface area contributed by atoms with Gasteiger partial charge in [-0.1, -0.05) is 0 Å². The normalized spacial score (nSPS) is 15.4. The van der Waals surface area contributed by atoms with Crippen molar-refractivity contribution in [2.24, 2.45) is 0 Å². The van der Waals surface area contributed by atoms with Crippen molar-refractivity contribution in [2.75, 3.05) is 39.3 Å². The molecule has 0 aromatic carbocycles. The predicted octanol–water partition coefficient (Wildman–Crippen LogP) is 0.709. The summed E-state index contributed by atoms with van der Waals surface area (Å²) in [4.78, 5) is 45.6. The molecule has 0 saturated carbocycles. The molecule has 0 aliphatic carbocycles. The molecule has 1 rings (SSSR count). The number of carbonyl (C=O) groups is 4. The first-order valence-electron chi connectivity index (χ1n) is 10.8. The van der Waals surface area contributed by atoms with E-state index in [1.165, 1.54) is 0 Å². The second kappa shape index (κ2) is 13.4. The van der Waals surface area contributed by atoms with Gasteiger partial charge < -0.3 is 29.8 Å². The molecule has 2 amide bonds. The number of nitrogens with zero attached hydrogens (tertiary/aromatic N) is 1. The number of carbonyl (C=O) groups excluding carboxylic acids is 4. The first-order chi connectivity index (χ1) is 13.7.